The van der Waals surface area contributed by atoms with Gasteiger partial charge in [-0.1, -0.05) is 70.9 Å². The second-order valence-corrected chi connectivity index (χ2v) is 9.94. The molecule has 0 aliphatic heterocycles. The Morgan fingerprint density at radius 1 is 0.590 bits per heavy atom. The van der Waals surface area contributed by atoms with Crippen molar-refractivity contribution in [2.45, 2.75) is 78.1 Å². The first-order chi connectivity index (χ1) is 19.2. The molecule has 0 bridgehead atoms. The van der Waals surface area contributed by atoms with Crippen LogP contribution >= 0.6 is 0 Å². The number of aryl methyl sites for hydroxylation is 2. The molecule has 202 valence electrons. The Hall–Kier alpha value is -3.93. The number of carbonyl (C=O) groups excluding carboxylic acids is 1. The molecule has 0 aliphatic carbocycles. The number of nitrogens with zero attached hydrogens (tertiary/aromatic N) is 4. The van der Waals surface area contributed by atoms with Gasteiger partial charge in [-0.3, -0.25) is 0 Å². The second kappa shape index (κ2) is 14.9. The maximum Gasteiger partial charge on any atom is 0.343 e. The lowest BCUT2D eigenvalue weighted by atomic mass is 10.1. The van der Waals surface area contributed by atoms with Gasteiger partial charge >= 0.3 is 5.97 Å². The first kappa shape index (κ1) is 28.1. The molecule has 0 aliphatic rings. The van der Waals surface area contributed by atoms with E-state index in [-0.39, 0.29) is 0 Å². The average molecular weight is 523 g/mol. The number of carbonyl (C=O) groups is 1. The molecule has 0 radical (unpaired) electrons. The van der Waals surface area contributed by atoms with Crippen molar-refractivity contribution in [1.82, 2.24) is 19.9 Å². The Bertz CT molecular complexity index is 1290. The van der Waals surface area contributed by atoms with Crippen LogP contribution in [0.15, 0.2) is 73.3 Å². The van der Waals surface area contributed by atoms with Crippen molar-refractivity contribution in [3.05, 3.63) is 90.0 Å². The molecule has 6 heteroatoms. The molecule has 0 amide bonds. The fourth-order valence-electron chi connectivity index (χ4n) is 4.43. The largest absolute Gasteiger partial charge is 0.423 e. The molecule has 0 spiro atoms. The van der Waals surface area contributed by atoms with Gasteiger partial charge in [-0.25, -0.2) is 24.7 Å². The molecule has 2 aromatic heterocycles. The van der Waals surface area contributed by atoms with E-state index in [4.69, 9.17) is 4.74 Å². The summed E-state index contributed by atoms with van der Waals surface area (Å²) in [6.45, 7) is 4.38. The molecule has 4 rings (SSSR count). The van der Waals surface area contributed by atoms with E-state index in [1.54, 1.807) is 24.3 Å². The molecule has 0 saturated carbocycles. The van der Waals surface area contributed by atoms with Gasteiger partial charge in [0, 0.05) is 35.9 Å². The Morgan fingerprint density at radius 3 is 1.62 bits per heavy atom. The summed E-state index contributed by atoms with van der Waals surface area (Å²) in [5.41, 5.74) is 4.49. The monoisotopic (exact) mass is 522 g/mol. The lowest BCUT2D eigenvalue weighted by Gasteiger charge is -2.07. The number of aromatic nitrogens is 4. The second-order valence-electron chi connectivity index (χ2n) is 9.94. The minimum Gasteiger partial charge on any atom is -0.423 e. The highest BCUT2D eigenvalue weighted by atomic mass is 16.5. The van der Waals surface area contributed by atoms with Crippen LogP contribution in [0.3, 0.4) is 0 Å². The Balaban J connectivity index is 1.27. The zero-order valence-corrected chi connectivity index (χ0v) is 23.1. The summed E-state index contributed by atoms with van der Waals surface area (Å²) < 4.78 is 5.57. The van der Waals surface area contributed by atoms with E-state index >= 15 is 0 Å². The van der Waals surface area contributed by atoms with Gasteiger partial charge in [-0.05, 0) is 66.8 Å². The highest BCUT2D eigenvalue weighted by Gasteiger charge is 2.11. The fraction of sp³-hybridized carbons (Fsp3) is 0.364. The van der Waals surface area contributed by atoms with Crippen molar-refractivity contribution >= 4 is 5.97 Å². The maximum absolute atomic E-state index is 12.7. The summed E-state index contributed by atoms with van der Waals surface area (Å²) in [6.07, 6.45) is 19.7. The number of rotatable bonds is 14. The summed E-state index contributed by atoms with van der Waals surface area (Å²) in [6, 6.07) is 14.4. The molecule has 0 atom stereocenters. The van der Waals surface area contributed by atoms with E-state index in [0.717, 1.165) is 36.0 Å². The fourth-order valence-corrected chi connectivity index (χ4v) is 4.43. The highest BCUT2D eigenvalue weighted by molar-refractivity contribution is 5.91. The quantitative estimate of drug-likeness (QED) is 0.0946. The van der Waals surface area contributed by atoms with Crippen molar-refractivity contribution in [3.8, 4) is 28.5 Å². The van der Waals surface area contributed by atoms with Crippen molar-refractivity contribution in [2.24, 2.45) is 0 Å². The van der Waals surface area contributed by atoms with Crippen LogP contribution in [-0.4, -0.2) is 25.9 Å². The van der Waals surface area contributed by atoms with Crippen LogP contribution in [0.25, 0.3) is 22.8 Å². The summed E-state index contributed by atoms with van der Waals surface area (Å²) in [4.78, 5) is 30.6. The van der Waals surface area contributed by atoms with E-state index in [2.05, 4.69) is 33.8 Å². The summed E-state index contributed by atoms with van der Waals surface area (Å²) in [7, 11) is 0. The van der Waals surface area contributed by atoms with Crippen LogP contribution in [0.1, 0.15) is 86.7 Å². The molecular formula is C33H38N4O2. The average Bonchev–Trinajstić information content (AvgIpc) is 2.98. The zero-order chi connectivity index (χ0) is 27.3. The first-order valence-electron chi connectivity index (χ1n) is 14.2. The van der Waals surface area contributed by atoms with E-state index in [1.807, 2.05) is 49.1 Å². The van der Waals surface area contributed by atoms with Crippen molar-refractivity contribution in [3.63, 3.8) is 0 Å². The molecule has 0 unspecified atom stereocenters. The van der Waals surface area contributed by atoms with Crippen LogP contribution in [0.4, 0.5) is 0 Å². The predicted molar refractivity (Wildman–Crippen MR) is 156 cm³/mol. The zero-order valence-electron chi connectivity index (χ0n) is 23.1. The van der Waals surface area contributed by atoms with Gasteiger partial charge < -0.3 is 4.74 Å². The Kier molecular flexibility index (Phi) is 10.7. The van der Waals surface area contributed by atoms with Crippen molar-refractivity contribution in [1.29, 1.82) is 0 Å². The van der Waals surface area contributed by atoms with E-state index in [1.165, 1.54) is 50.5 Å². The van der Waals surface area contributed by atoms with E-state index in [0.29, 0.717) is 23.0 Å². The van der Waals surface area contributed by atoms with Gasteiger partial charge in [0.15, 0.2) is 11.6 Å². The highest BCUT2D eigenvalue weighted by Crippen LogP contribution is 2.22. The van der Waals surface area contributed by atoms with Crippen molar-refractivity contribution in [2.75, 3.05) is 0 Å². The van der Waals surface area contributed by atoms with Crippen LogP contribution in [0.5, 0.6) is 5.75 Å². The third-order valence-electron chi connectivity index (χ3n) is 6.72. The lowest BCUT2D eigenvalue weighted by molar-refractivity contribution is 0.0735. The normalized spacial score (nSPS) is 10.9. The number of hydrogen-bond donors (Lipinski definition) is 0. The number of hydrogen-bond acceptors (Lipinski definition) is 6. The summed E-state index contributed by atoms with van der Waals surface area (Å²) >= 11 is 0. The third kappa shape index (κ3) is 8.54. The third-order valence-corrected chi connectivity index (χ3v) is 6.72. The van der Waals surface area contributed by atoms with Crippen LogP contribution in [0, 0.1) is 0 Å². The molecule has 0 N–H and O–H groups in total. The van der Waals surface area contributed by atoms with Gasteiger partial charge in [-0.15, -0.1) is 0 Å². The molecule has 6 nitrogen and oxygen atoms in total. The number of benzene rings is 2. The number of unbranched alkanes of at least 4 members (excludes halogenated alkanes) is 6. The van der Waals surface area contributed by atoms with Crippen LogP contribution in [-0.2, 0) is 12.8 Å². The summed E-state index contributed by atoms with van der Waals surface area (Å²) in [5.74, 6) is 1.35. The maximum atomic E-state index is 12.7. The predicted octanol–water partition coefficient (Wildman–Crippen LogP) is 8.07. The Labute approximate surface area is 232 Å². The Morgan fingerprint density at radius 2 is 1.08 bits per heavy atom. The molecule has 4 aromatic rings. The number of ether oxygens (including phenoxy) is 1. The lowest BCUT2D eigenvalue weighted by Crippen LogP contribution is -2.08. The molecule has 0 saturated heterocycles. The van der Waals surface area contributed by atoms with Gasteiger partial charge in [0.25, 0.3) is 0 Å². The molecule has 2 aromatic carbocycles. The van der Waals surface area contributed by atoms with E-state index < -0.39 is 5.97 Å². The minimum atomic E-state index is -0.417. The standard InChI is InChI=1S/C33H38N4O2/c1-3-5-6-7-8-9-10-12-26-23-36-32(37-24-26)28-17-19-30(20-18-28)39-33(38)29-15-13-27(14-16-29)31-34-21-25(11-4-2)22-35-31/h13-24H,3-12H2,1-2H3. The van der Waals surface area contributed by atoms with Crippen LogP contribution < -0.4 is 4.74 Å². The smallest absolute Gasteiger partial charge is 0.343 e. The molecule has 0 fully saturated rings. The van der Waals surface area contributed by atoms with Gasteiger partial charge in [0.1, 0.15) is 5.75 Å². The van der Waals surface area contributed by atoms with E-state index in [9.17, 15) is 4.79 Å². The van der Waals surface area contributed by atoms with Crippen molar-refractivity contribution < 1.29 is 9.53 Å². The van der Waals surface area contributed by atoms with Crippen LogP contribution in [0.2, 0.25) is 0 Å². The molecule has 2 heterocycles. The topological polar surface area (TPSA) is 77.9 Å². The molecule has 39 heavy (non-hydrogen) atoms. The molecular weight excluding hydrogens is 484 g/mol. The van der Waals surface area contributed by atoms with Gasteiger partial charge in [0.2, 0.25) is 0 Å². The summed E-state index contributed by atoms with van der Waals surface area (Å²) in [5, 5.41) is 0. The minimum absolute atomic E-state index is 0.417. The first-order valence-corrected chi connectivity index (χ1v) is 14.2. The number of esters is 1. The van der Waals surface area contributed by atoms with Gasteiger partial charge in [0.05, 0.1) is 5.56 Å². The van der Waals surface area contributed by atoms with Gasteiger partial charge in [-0.2, -0.15) is 0 Å². The SMILES string of the molecule is CCCCCCCCCc1cnc(-c2ccc(OC(=O)c3ccc(-c4ncc(CCC)cn4)cc3)cc2)nc1.